The largest absolute Gasteiger partial charge is 0.348 e. The number of hydrogen-bond acceptors (Lipinski definition) is 5. The Balaban J connectivity index is 1.46. The van der Waals surface area contributed by atoms with E-state index < -0.39 is 0 Å². The maximum absolute atomic E-state index is 13.2. The molecule has 2 amide bonds. The van der Waals surface area contributed by atoms with E-state index in [0.29, 0.717) is 47.0 Å². The molecular weight excluding hydrogens is 476 g/mol. The van der Waals surface area contributed by atoms with Gasteiger partial charge < -0.3 is 10.2 Å². The summed E-state index contributed by atoms with van der Waals surface area (Å²) in [6.45, 7) is 2.69. The number of aldehydes is 1. The molecule has 1 aromatic heterocycles. The molecule has 0 aliphatic rings. The SMILES string of the molecule is Cc1cc2nc3cc(C(=O)NCc4ccccc4)c(C=O)cc3nc2cc1C(=O)N(C)Cc1ccccc1. The smallest absolute Gasteiger partial charge is 0.254 e. The number of carbonyl (C=O) groups excluding carboxylic acids is 3. The van der Waals surface area contributed by atoms with Crippen LogP contribution in [-0.2, 0) is 13.1 Å². The van der Waals surface area contributed by atoms with Gasteiger partial charge in [0.15, 0.2) is 6.29 Å². The topological polar surface area (TPSA) is 92.3 Å². The summed E-state index contributed by atoms with van der Waals surface area (Å²) in [5.74, 6) is -0.479. The number of benzene rings is 4. The lowest BCUT2D eigenvalue weighted by Gasteiger charge is -2.19. The van der Waals surface area contributed by atoms with Crippen LogP contribution in [0.4, 0.5) is 0 Å². The van der Waals surface area contributed by atoms with Crippen molar-refractivity contribution in [2.45, 2.75) is 20.0 Å². The molecule has 0 fully saturated rings. The van der Waals surface area contributed by atoms with Gasteiger partial charge in [-0.25, -0.2) is 9.97 Å². The van der Waals surface area contributed by atoms with Crippen molar-refractivity contribution in [3.8, 4) is 0 Å². The summed E-state index contributed by atoms with van der Waals surface area (Å²) in [5.41, 5.74) is 5.88. The van der Waals surface area contributed by atoms with Crippen molar-refractivity contribution in [3.63, 3.8) is 0 Å². The fourth-order valence-electron chi connectivity index (χ4n) is 4.42. The second-order valence-electron chi connectivity index (χ2n) is 9.24. The summed E-state index contributed by atoms with van der Waals surface area (Å²) < 4.78 is 0. The third-order valence-electron chi connectivity index (χ3n) is 6.46. The number of nitrogens with zero attached hydrogens (tertiary/aromatic N) is 3. The van der Waals surface area contributed by atoms with Crippen molar-refractivity contribution in [3.05, 3.63) is 118 Å². The monoisotopic (exact) mass is 502 g/mol. The summed E-state index contributed by atoms with van der Waals surface area (Å²) in [6, 6.07) is 26.1. The number of carbonyl (C=O) groups is 3. The molecule has 188 valence electrons. The maximum atomic E-state index is 13.2. The quantitative estimate of drug-likeness (QED) is 0.247. The molecule has 0 bridgehead atoms. The van der Waals surface area contributed by atoms with Gasteiger partial charge in [-0.15, -0.1) is 0 Å². The molecule has 0 aliphatic heterocycles. The van der Waals surface area contributed by atoms with Crippen molar-refractivity contribution in [1.82, 2.24) is 20.2 Å². The van der Waals surface area contributed by atoms with Gasteiger partial charge in [0.25, 0.3) is 11.8 Å². The van der Waals surface area contributed by atoms with Crippen molar-refractivity contribution in [1.29, 1.82) is 0 Å². The Bertz CT molecular complexity index is 1670. The lowest BCUT2D eigenvalue weighted by molar-refractivity contribution is 0.0784. The van der Waals surface area contributed by atoms with Crippen LogP contribution in [-0.4, -0.2) is 40.0 Å². The molecule has 0 spiro atoms. The summed E-state index contributed by atoms with van der Waals surface area (Å²) >= 11 is 0. The van der Waals surface area contributed by atoms with Gasteiger partial charge in [-0.1, -0.05) is 60.7 Å². The van der Waals surface area contributed by atoms with E-state index in [1.54, 1.807) is 30.1 Å². The first-order valence-electron chi connectivity index (χ1n) is 12.3. The number of aromatic nitrogens is 2. The Morgan fingerprint density at radius 1 is 0.789 bits per heavy atom. The zero-order chi connectivity index (χ0) is 26.6. The average molecular weight is 503 g/mol. The number of amides is 2. The lowest BCUT2D eigenvalue weighted by atomic mass is 10.0. The van der Waals surface area contributed by atoms with E-state index in [1.165, 1.54) is 0 Å². The molecule has 0 radical (unpaired) electrons. The van der Waals surface area contributed by atoms with E-state index in [0.717, 1.165) is 16.7 Å². The van der Waals surface area contributed by atoms with E-state index in [9.17, 15) is 14.4 Å². The zero-order valence-corrected chi connectivity index (χ0v) is 21.1. The Morgan fingerprint density at radius 2 is 1.34 bits per heavy atom. The van der Waals surface area contributed by atoms with Crippen LogP contribution >= 0.6 is 0 Å². The molecule has 0 aliphatic carbocycles. The molecule has 5 rings (SSSR count). The Hall–Kier alpha value is -4.91. The lowest BCUT2D eigenvalue weighted by Crippen LogP contribution is -2.26. The summed E-state index contributed by atoms with van der Waals surface area (Å²) in [7, 11) is 1.77. The first-order chi connectivity index (χ1) is 18.4. The predicted octanol–water partition coefficient (Wildman–Crippen LogP) is 5.11. The minimum atomic E-state index is -0.363. The average Bonchev–Trinajstić information content (AvgIpc) is 2.94. The van der Waals surface area contributed by atoms with E-state index in [-0.39, 0.29) is 22.9 Å². The summed E-state index contributed by atoms with van der Waals surface area (Å²) in [5, 5.41) is 2.86. The summed E-state index contributed by atoms with van der Waals surface area (Å²) in [4.78, 5) is 49.1. The normalized spacial score (nSPS) is 10.9. The molecule has 1 heterocycles. The van der Waals surface area contributed by atoms with Crippen LogP contribution in [0.3, 0.4) is 0 Å². The molecule has 4 aromatic carbocycles. The molecular formula is C31H26N4O3. The van der Waals surface area contributed by atoms with Crippen molar-refractivity contribution < 1.29 is 14.4 Å². The van der Waals surface area contributed by atoms with Crippen LogP contribution in [0.25, 0.3) is 22.1 Å². The van der Waals surface area contributed by atoms with Gasteiger partial charge in [0, 0.05) is 31.3 Å². The minimum absolute atomic E-state index is 0.117. The maximum Gasteiger partial charge on any atom is 0.254 e. The van der Waals surface area contributed by atoms with Gasteiger partial charge in [0.05, 0.1) is 27.6 Å². The van der Waals surface area contributed by atoms with Gasteiger partial charge in [-0.05, 0) is 47.9 Å². The van der Waals surface area contributed by atoms with Crippen molar-refractivity contribution in [2.24, 2.45) is 0 Å². The highest BCUT2D eigenvalue weighted by Crippen LogP contribution is 2.24. The highest BCUT2D eigenvalue weighted by Gasteiger charge is 2.18. The summed E-state index contributed by atoms with van der Waals surface area (Å²) in [6.07, 6.45) is 0.644. The van der Waals surface area contributed by atoms with Crippen LogP contribution < -0.4 is 5.32 Å². The highest BCUT2D eigenvalue weighted by molar-refractivity contribution is 6.06. The molecule has 1 N–H and O–H groups in total. The minimum Gasteiger partial charge on any atom is -0.348 e. The fourth-order valence-corrected chi connectivity index (χ4v) is 4.42. The van der Waals surface area contributed by atoms with E-state index >= 15 is 0 Å². The second kappa shape index (κ2) is 10.6. The molecule has 38 heavy (non-hydrogen) atoms. The van der Waals surface area contributed by atoms with Crippen LogP contribution in [0.1, 0.15) is 47.8 Å². The van der Waals surface area contributed by atoms with Crippen LogP contribution in [0.5, 0.6) is 0 Å². The number of nitrogens with one attached hydrogen (secondary N) is 1. The van der Waals surface area contributed by atoms with Crippen LogP contribution in [0.2, 0.25) is 0 Å². The van der Waals surface area contributed by atoms with Gasteiger partial charge in [0.1, 0.15) is 0 Å². The number of rotatable bonds is 7. The van der Waals surface area contributed by atoms with E-state index in [4.69, 9.17) is 4.98 Å². The third kappa shape index (κ3) is 5.13. The van der Waals surface area contributed by atoms with Crippen molar-refractivity contribution >= 4 is 40.2 Å². The van der Waals surface area contributed by atoms with Gasteiger partial charge in [-0.2, -0.15) is 0 Å². The third-order valence-corrected chi connectivity index (χ3v) is 6.46. The first kappa shape index (κ1) is 24.8. The predicted molar refractivity (Wildman–Crippen MR) is 147 cm³/mol. The highest BCUT2D eigenvalue weighted by atomic mass is 16.2. The second-order valence-corrected chi connectivity index (χ2v) is 9.24. The van der Waals surface area contributed by atoms with Gasteiger partial charge >= 0.3 is 0 Å². The Labute approximate surface area is 220 Å². The number of hydrogen-bond donors (Lipinski definition) is 1. The Kier molecular flexibility index (Phi) is 6.91. The molecule has 7 nitrogen and oxygen atoms in total. The van der Waals surface area contributed by atoms with Gasteiger partial charge in [0.2, 0.25) is 0 Å². The Morgan fingerprint density at radius 3 is 1.97 bits per heavy atom. The van der Waals surface area contributed by atoms with Crippen molar-refractivity contribution in [2.75, 3.05) is 7.05 Å². The number of aryl methyl sites for hydroxylation is 1. The molecule has 0 atom stereocenters. The molecule has 0 saturated heterocycles. The first-order valence-corrected chi connectivity index (χ1v) is 12.3. The van der Waals surface area contributed by atoms with Crippen LogP contribution in [0, 0.1) is 6.92 Å². The molecule has 7 heteroatoms. The van der Waals surface area contributed by atoms with E-state index in [1.807, 2.05) is 73.7 Å². The zero-order valence-electron chi connectivity index (χ0n) is 21.1. The molecule has 0 saturated carbocycles. The molecule has 0 unspecified atom stereocenters. The van der Waals surface area contributed by atoms with E-state index in [2.05, 4.69) is 10.3 Å². The van der Waals surface area contributed by atoms with Gasteiger partial charge in [-0.3, -0.25) is 14.4 Å². The number of fused-ring (bicyclic) bond motifs is 2. The standard InChI is InChI=1S/C31H26N4O3/c1-20-13-26-28(15-24(20)31(38)35(2)18-22-11-7-4-8-12-22)34-27-14-23(19-36)25(16-29(27)33-26)30(37)32-17-21-9-5-3-6-10-21/h3-16,19H,17-18H2,1-2H3,(H,32,37). The van der Waals surface area contributed by atoms with Crippen LogP contribution in [0.15, 0.2) is 84.9 Å². The molecule has 5 aromatic rings. The fraction of sp³-hybridized carbons (Fsp3) is 0.129.